The molecule has 1 aromatic carbocycles. The Morgan fingerprint density at radius 3 is 2.69 bits per heavy atom. The summed E-state index contributed by atoms with van der Waals surface area (Å²) in [5.74, 6) is -0.275. The zero-order chi connectivity index (χ0) is 11.5. The number of rotatable bonds is 3. The number of carbonyl (C=O) groups is 1. The maximum Gasteiger partial charge on any atom is 0.135 e. The summed E-state index contributed by atoms with van der Waals surface area (Å²) in [5, 5.41) is 7.60. The van der Waals surface area contributed by atoms with Crippen LogP contribution in [0.25, 0.3) is 5.69 Å². The number of aromatic nitrogens is 3. The molecule has 5 heteroatoms. The summed E-state index contributed by atoms with van der Waals surface area (Å²) in [7, 11) is 0. The van der Waals surface area contributed by atoms with E-state index in [4.69, 9.17) is 0 Å². The molecule has 4 nitrogen and oxygen atoms in total. The van der Waals surface area contributed by atoms with Crippen LogP contribution in [-0.4, -0.2) is 20.8 Å². The molecular weight excluding hydrogens is 209 g/mol. The molecule has 0 aliphatic rings. The average Bonchev–Trinajstić information content (AvgIpc) is 2.66. The van der Waals surface area contributed by atoms with Crippen LogP contribution in [0.3, 0.4) is 0 Å². The summed E-state index contributed by atoms with van der Waals surface area (Å²) in [4.78, 5) is 11.0. The normalized spacial score (nSPS) is 10.4. The molecule has 0 saturated heterocycles. The molecule has 0 radical (unpaired) electrons. The van der Waals surface area contributed by atoms with Gasteiger partial charge in [-0.3, -0.25) is 4.79 Å². The van der Waals surface area contributed by atoms with Gasteiger partial charge in [0.1, 0.15) is 11.6 Å². The van der Waals surface area contributed by atoms with Gasteiger partial charge in [-0.15, -0.1) is 5.10 Å². The van der Waals surface area contributed by atoms with E-state index < -0.39 is 0 Å². The molecule has 0 spiro atoms. The minimum Gasteiger partial charge on any atom is -0.300 e. The summed E-state index contributed by atoms with van der Waals surface area (Å²) in [6.07, 6.45) is 1.80. The predicted molar refractivity (Wildman–Crippen MR) is 55.7 cm³/mol. The maximum absolute atomic E-state index is 12.7. The second kappa shape index (κ2) is 4.22. The van der Waals surface area contributed by atoms with Crippen LogP contribution in [0.1, 0.15) is 12.6 Å². The number of halogens is 1. The molecular formula is C11H10FN3O. The second-order valence-electron chi connectivity index (χ2n) is 3.49. The van der Waals surface area contributed by atoms with Crippen LogP contribution < -0.4 is 0 Å². The molecule has 2 rings (SSSR count). The van der Waals surface area contributed by atoms with Gasteiger partial charge in [-0.05, 0) is 31.2 Å². The van der Waals surface area contributed by atoms with E-state index in [0.717, 1.165) is 0 Å². The van der Waals surface area contributed by atoms with Crippen molar-refractivity contribution in [3.8, 4) is 5.69 Å². The van der Waals surface area contributed by atoms with Gasteiger partial charge in [-0.2, -0.15) is 0 Å². The van der Waals surface area contributed by atoms with Crippen LogP contribution in [-0.2, 0) is 11.2 Å². The third-order valence-corrected chi connectivity index (χ3v) is 2.12. The fourth-order valence-electron chi connectivity index (χ4n) is 1.43. The van der Waals surface area contributed by atoms with E-state index in [1.54, 1.807) is 12.1 Å². The first-order chi connectivity index (χ1) is 7.66. The highest BCUT2D eigenvalue weighted by atomic mass is 19.1. The Labute approximate surface area is 91.7 Å². The average molecular weight is 219 g/mol. The molecule has 0 aliphatic heterocycles. The van der Waals surface area contributed by atoms with Crippen LogP contribution in [0.2, 0.25) is 0 Å². The van der Waals surface area contributed by atoms with Crippen LogP contribution >= 0.6 is 0 Å². The molecule has 0 N–H and O–H groups in total. The number of ketones is 1. The number of benzene rings is 1. The molecule has 0 unspecified atom stereocenters. The molecule has 0 fully saturated rings. The monoisotopic (exact) mass is 219 g/mol. The van der Waals surface area contributed by atoms with Crippen molar-refractivity contribution in [2.24, 2.45) is 0 Å². The zero-order valence-corrected chi connectivity index (χ0v) is 8.72. The highest BCUT2D eigenvalue weighted by Crippen LogP contribution is 2.10. The number of carbonyl (C=O) groups excluding carboxylic acids is 1. The minimum atomic E-state index is -0.308. The first kappa shape index (κ1) is 10.5. The highest BCUT2D eigenvalue weighted by molar-refractivity contribution is 5.77. The number of hydrogen-bond acceptors (Lipinski definition) is 3. The lowest BCUT2D eigenvalue weighted by Gasteiger charge is -2.04. The second-order valence-corrected chi connectivity index (χ2v) is 3.49. The van der Waals surface area contributed by atoms with Gasteiger partial charge in [0.05, 0.1) is 24.0 Å². The van der Waals surface area contributed by atoms with E-state index in [-0.39, 0.29) is 18.0 Å². The van der Waals surface area contributed by atoms with Crippen molar-refractivity contribution in [3.63, 3.8) is 0 Å². The van der Waals surface area contributed by atoms with Crippen molar-refractivity contribution in [1.82, 2.24) is 15.0 Å². The van der Waals surface area contributed by atoms with E-state index in [9.17, 15) is 9.18 Å². The summed E-state index contributed by atoms with van der Waals surface area (Å²) in [6, 6.07) is 5.87. The SMILES string of the molecule is CC(=O)Cc1cnnn1-c1ccc(F)cc1. The Balaban J connectivity index is 2.36. The van der Waals surface area contributed by atoms with Gasteiger partial charge in [0.15, 0.2) is 0 Å². The molecule has 0 aliphatic carbocycles. The van der Waals surface area contributed by atoms with Gasteiger partial charge in [0.2, 0.25) is 0 Å². The van der Waals surface area contributed by atoms with Crippen molar-refractivity contribution < 1.29 is 9.18 Å². The Bertz CT molecular complexity index is 504. The molecule has 2 aromatic rings. The van der Waals surface area contributed by atoms with Gasteiger partial charge < -0.3 is 0 Å². The third-order valence-electron chi connectivity index (χ3n) is 2.12. The van der Waals surface area contributed by atoms with E-state index in [1.165, 1.54) is 29.9 Å². The lowest BCUT2D eigenvalue weighted by Crippen LogP contribution is -2.06. The van der Waals surface area contributed by atoms with Gasteiger partial charge in [-0.25, -0.2) is 9.07 Å². The molecule has 16 heavy (non-hydrogen) atoms. The molecule has 1 heterocycles. The van der Waals surface area contributed by atoms with Gasteiger partial charge in [-0.1, -0.05) is 5.21 Å². The van der Waals surface area contributed by atoms with Crippen molar-refractivity contribution >= 4 is 5.78 Å². The van der Waals surface area contributed by atoms with E-state index >= 15 is 0 Å². The highest BCUT2D eigenvalue weighted by Gasteiger charge is 2.08. The first-order valence-corrected chi connectivity index (χ1v) is 4.82. The molecule has 0 saturated carbocycles. The van der Waals surface area contributed by atoms with Crippen LogP contribution in [0.4, 0.5) is 4.39 Å². The lowest BCUT2D eigenvalue weighted by atomic mass is 10.2. The van der Waals surface area contributed by atoms with Crippen molar-refractivity contribution in [2.45, 2.75) is 13.3 Å². The van der Waals surface area contributed by atoms with Crippen LogP contribution in [0.15, 0.2) is 30.5 Å². The smallest absolute Gasteiger partial charge is 0.135 e. The van der Waals surface area contributed by atoms with E-state index in [2.05, 4.69) is 10.3 Å². The maximum atomic E-state index is 12.7. The Kier molecular flexibility index (Phi) is 2.76. The fraction of sp³-hybridized carbons (Fsp3) is 0.182. The van der Waals surface area contributed by atoms with Crippen molar-refractivity contribution in [1.29, 1.82) is 0 Å². The molecule has 0 atom stereocenters. The summed E-state index contributed by atoms with van der Waals surface area (Å²) in [6.45, 7) is 1.50. The standard InChI is InChI=1S/C11H10FN3O/c1-8(16)6-11-7-13-14-15(11)10-4-2-9(12)3-5-10/h2-5,7H,6H2,1H3. The van der Waals surface area contributed by atoms with E-state index in [1.807, 2.05) is 0 Å². The largest absolute Gasteiger partial charge is 0.300 e. The summed E-state index contributed by atoms with van der Waals surface area (Å²) < 4.78 is 14.3. The number of hydrogen-bond donors (Lipinski definition) is 0. The Hall–Kier alpha value is -2.04. The van der Waals surface area contributed by atoms with Crippen LogP contribution in [0.5, 0.6) is 0 Å². The van der Waals surface area contributed by atoms with Gasteiger partial charge >= 0.3 is 0 Å². The summed E-state index contributed by atoms with van der Waals surface area (Å²) >= 11 is 0. The predicted octanol–water partition coefficient (Wildman–Crippen LogP) is 1.54. The van der Waals surface area contributed by atoms with Crippen molar-refractivity contribution in [3.05, 3.63) is 42.0 Å². The number of nitrogens with zero attached hydrogens (tertiary/aromatic N) is 3. The lowest BCUT2D eigenvalue weighted by molar-refractivity contribution is -0.116. The number of Topliss-reactive ketones (excluding diaryl/α,β-unsaturated/α-hetero) is 1. The first-order valence-electron chi connectivity index (χ1n) is 4.82. The Morgan fingerprint density at radius 2 is 2.06 bits per heavy atom. The van der Waals surface area contributed by atoms with Gasteiger partial charge in [0, 0.05) is 0 Å². The quantitative estimate of drug-likeness (QED) is 0.786. The topological polar surface area (TPSA) is 47.8 Å². The van der Waals surface area contributed by atoms with Gasteiger partial charge in [0.25, 0.3) is 0 Å². The third kappa shape index (κ3) is 2.13. The Morgan fingerprint density at radius 1 is 1.38 bits per heavy atom. The summed E-state index contributed by atoms with van der Waals surface area (Å²) in [5.41, 5.74) is 1.38. The van der Waals surface area contributed by atoms with E-state index in [0.29, 0.717) is 11.4 Å². The zero-order valence-electron chi connectivity index (χ0n) is 8.72. The molecule has 1 aromatic heterocycles. The van der Waals surface area contributed by atoms with Crippen molar-refractivity contribution in [2.75, 3.05) is 0 Å². The van der Waals surface area contributed by atoms with Crippen LogP contribution in [0, 0.1) is 5.82 Å². The fourth-order valence-corrected chi connectivity index (χ4v) is 1.43. The molecule has 0 bridgehead atoms. The minimum absolute atomic E-state index is 0.0330. The molecule has 82 valence electrons. The molecule has 0 amide bonds.